The van der Waals surface area contributed by atoms with Crippen LogP contribution < -0.4 is 11.4 Å². The summed E-state index contributed by atoms with van der Waals surface area (Å²) in [7, 11) is -16.2. The van der Waals surface area contributed by atoms with E-state index in [1.54, 1.807) is 0 Å². The van der Waals surface area contributed by atoms with Gasteiger partial charge in [0.1, 0.15) is 5.82 Å². The Hall–Kier alpha value is -0.980. The zero-order valence-electron chi connectivity index (χ0n) is 10.0. The van der Waals surface area contributed by atoms with E-state index in [1.165, 1.54) is 6.07 Å². The Morgan fingerprint density at radius 3 is 1.77 bits per heavy atom. The molecule has 128 valence electrons. The number of hydrogen-bond donors (Lipinski definition) is 6. The Morgan fingerprint density at radius 2 is 1.50 bits per heavy atom. The van der Waals surface area contributed by atoms with Crippen LogP contribution >= 0.6 is 23.5 Å². The number of phosphoric acid groups is 3. The van der Waals surface area contributed by atoms with Crippen molar-refractivity contribution in [1.82, 2.24) is 9.77 Å². The van der Waals surface area contributed by atoms with E-state index in [1.807, 2.05) is 0 Å². The van der Waals surface area contributed by atoms with Crippen LogP contribution in [0.15, 0.2) is 17.1 Å². The summed E-state index contributed by atoms with van der Waals surface area (Å²) in [5.74, 6) is 0.0221. The fourth-order valence-corrected chi connectivity index (χ4v) is 3.22. The SMILES string of the molecule is Nc1ccn(F)c(=O)n1.O=P(O)(O)OP(=O)(O)OP(=O)(O)O. The van der Waals surface area contributed by atoms with Crippen LogP contribution in [0.25, 0.3) is 0 Å². The lowest BCUT2D eigenvalue weighted by molar-refractivity contribution is 0.204. The van der Waals surface area contributed by atoms with Gasteiger partial charge in [-0.1, -0.05) is 4.48 Å². The third-order valence-electron chi connectivity index (χ3n) is 1.20. The van der Waals surface area contributed by atoms with Gasteiger partial charge in [0.05, 0.1) is 0 Å². The lowest BCUT2D eigenvalue weighted by Crippen LogP contribution is -2.17. The van der Waals surface area contributed by atoms with Crippen LogP contribution in [0.3, 0.4) is 0 Å². The molecule has 0 aliphatic rings. The molecule has 0 fully saturated rings. The van der Waals surface area contributed by atoms with Crippen LogP contribution in [0.4, 0.5) is 10.3 Å². The highest BCUT2D eigenvalue weighted by molar-refractivity contribution is 7.66. The molecule has 0 bridgehead atoms. The minimum absolute atomic E-state index is 0.0221. The van der Waals surface area contributed by atoms with E-state index >= 15 is 0 Å². The van der Waals surface area contributed by atoms with Gasteiger partial charge in [0.25, 0.3) is 0 Å². The van der Waals surface area contributed by atoms with Crippen molar-refractivity contribution >= 4 is 29.3 Å². The number of anilines is 1. The number of halogens is 1. The van der Waals surface area contributed by atoms with E-state index in [0.717, 1.165) is 6.20 Å². The summed E-state index contributed by atoms with van der Waals surface area (Å²) in [6, 6.07) is 1.20. The highest BCUT2D eigenvalue weighted by atomic mass is 31.3. The molecule has 1 aromatic rings. The topological polar surface area (TPSA) is 232 Å². The summed E-state index contributed by atoms with van der Waals surface area (Å²) in [6.45, 7) is 0. The molecule has 0 aliphatic heterocycles. The Balaban J connectivity index is 0.000000425. The zero-order chi connectivity index (χ0) is 17.8. The van der Waals surface area contributed by atoms with Crippen molar-refractivity contribution in [2.24, 2.45) is 0 Å². The highest BCUT2D eigenvalue weighted by Gasteiger charge is 2.38. The molecule has 0 unspecified atom stereocenters. The molecule has 18 heteroatoms. The van der Waals surface area contributed by atoms with Gasteiger partial charge in [-0.15, -0.1) is 4.79 Å². The normalized spacial score (nSPS) is 12.5. The number of nitrogens with two attached hydrogens (primary N) is 1. The molecule has 0 saturated carbocycles. The first-order valence-electron chi connectivity index (χ1n) is 4.49. The van der Waals surface area contributed by atoms with Crippen molar-refractivity contribution in [2.75, 3.05) is 5.73 Å². The van der Waals surface area contributed by atoms with Gasteiger partial charge < -0.3 is 30.2 Å². The second kappa shape index (κ2) is 7.53. The molecular weight excluding hydrogens is 378 g/mol. The predicted octanol–water partition coefficient (Wildman–Crippen LogP) is -1.14. The fraction of sp³-hybridized carbons (Fsp3) is 0. The van der Waals surface area contributed by atoms with E-state index in [0.29, 0.717) is 0 Å². The summed E-state index contributed by atoms with van der Waals surface area (Å²) in [5.41, 5.74) is 4.05. The van der Waals surface area contributed by atoms with Gasteiger partial charge in [0.15, 0.2) is 0 Å². The van der Waals surface area contributed by atoms with E-state index in [2.05, 4.69) is 13.6 Å². The number of rotatable bonds is 4. The minimum Gasteiger partial charge on any atom is -0.383 e. The lowest BCUT2D eigenvalue weighted by Gasteiger charge is -2.11. The first-order valence-corrected chi connectivity index (χ1v) is 9.05. The Kier molecular flexibility index (Phi) is 7.19. The number of nitrogen functional groups attached to an aromatic ring is 1. The summed E-state index contributed by atoms with van der Waals surface area (Å²) >= 11 is 0. The van der Waals surface area contributed by atoms with Gasteiger partial charge in [-0.2, -0.15) is 13.6 Å². The van der Waals surface area contributed by atoms with Crippen LogP contribution in [0.2, 0.25) is 0 Å². The Bertz CT molecular complexity index is 679. The van der Waals surface area contributed by atoms with Crippen molar-refractivity contribution < 1.29 is 51.3 Å². The van der Waals surface area contributed by atoms with Gasteiger partial charge in [-0.05, 0) is 6.07 Å². The molecule has 1 heterocycles. The molecule has 7 N–H and O–H groups in total. The third kappa shape index (κ3) is 10.7. The van der Waals surface area contributed by atoms with Crippen molar-refractivity contribution in [1.29, 1.82) is 0 Å². The molecule has 0 saturated heterocycles. The van der Waals surface area contributed by atoms with Gasteiger partial charge in [-0.3, -0.25) is 0 Å². The highest BCUT2D eigenvalue weighted by Crippen LogP contribution is 2.64. The molecule has 1 rings (SSSR count). The predicted molar refractivity (Wildman–Crippen MR) is 65.5 cm³/mol. The van der Waals surface area contributed by atoms with E-state index < -0.39 is 29.2 Å². The fourth-order valence-electron chi connectivity index (χ4n) is 0.685. The largest absolute Gasteiger partial charge is 0.490 e. The summed E-state index contributed by atoms with van der Waals surface area (Å²) in [5, 5.41) is 0. The van der Waals surface area contributed by atoms with E-state index in [4.69, 9.17) is 30.2 Å². The molecule has 0 aromatic carbocycles. The van der Waals surface area contributed by atoms with Crippen LogP contribution in [-0.4, -0.2) is 34.2 Å². The number of hydrogen-bond acceptors (Lipinski definition) is 8. The number of aromatic nitrogens is 2. The monoisotopic (exact) mass is 387 g/mol. The first-order chi connectivity index (χ1) is 9.61. The van der Waals surface area contributed by atoms with Gasteiger partial charge >= 0.3 is 29.2 Å². The van der Waals surface area contributed by atoms with Crippen LogP contribution in [0.1, 0.15) is 0 Å². The first kappa shape index (κ1) is 21.0. The van der Waals surface area contributed by atoms with E-state index in [9.17, 15) is 23.0 Å². The minimum atomic E-state index is -5.46. The molecule has 22 heavy (non-hydrogen) atoms. The third-order valence-corrected chi connectivity index (χ3v) is 4.56. The van der Waals surface area contributed by atoms with Gasteiger partial charge in [0, 0.05) is 6.20 Å². The molecule has 0 atom stereocenters. The van der Waals surface area contributed by atoms with Crippen molar-refractivity contribution in [2.45, 2.75) is 0 Å². The molecule has 14 nitrogen and oxygen atoms in total. The van der Waals surface area contributed by atoms with Gasteiger partial charge in [-0.25, -0.2) is 18.5 Å². The maximum atomic E-state index is 12.0. The molecule has 0 amide bonds. The second-order valence-electron chi connectivity index (χ2n) is 3.06. The standard InChI is InChI=1S/C4H4FN3O.H5O10P3/c5-8-2-1-3(6)7-4(8)9;1-11(2,3)9-13(7,8)10-12(4,5)6/h1-2H,(H2,6,7,9);(H,7,8)(H2,1,2,3)(H2,4,5,6). The maximum absolute atomic E-state index is 12.0. The molecule has 1 aromatic heterocycles. The summed E-state index contributed by atoms with van der Waals surface area (Å²) in [4.78, 5) is 53.4. The quantitative estimate of drug-likeness (QED) is 0.336. The van der Waals surface area contributed by atoms with E-state index in [-0.39, 0.29) is 10.6 Å². The van der Waals surface area contributed by atoms with Gasteiger partial charge in [0.2, 0.25) is 0 Å². The molecular formula is C4H9FN3O11P3. The molecule has 0 radical (unpaired) electrons. The lowest BCUT2D eigenvalue weighted by atomic mass is 10.6. The van der Waals surface area contributed by atoms with Crippen LogP contribution in [-0.2, 0) is 22.3 Å². The van der Waals surface area contributed by atoms with Crippen LogP contribution in [0, 0.1) is 0 Å². The Morgan fingerprint density at radius 1 is 1.09 bits per heavy atom. The van der Waals surface area contributed by atoms with Crippen LogP contribution in [0.5, 0.6) is 0 Å². The average Bonchev–Trinajstić information content (AvgIpc) is 2.17. The number of nitrogens with zero attached hydrogens (tertiary/aromatic N) is 2. The molecule has 0 spiro atoms. The van der Waals surface area contributed by atoms with Crippen molar-refractivity contribution in [3.05, 3.63) is 22.7 Å². The Labute approximate surface area is 120 Å². The summed E-state index contributed by atoms with van der Waals surface area (Å²) < 4.78 is 48.4. The maximum Gasteiger partial charge on any atom is 0.490 e. The molecule has 0 aliphatic carbocycles. The van der Waals surface area contributed by atoms with Crippen molar-refractivity contribution in [3.63, 3.8) is 0 Å². The summed E-state index contributed by atoms with van der Waals surface area (Å²) in [6.07, 6.45) is 0.907. The smallest absolute Gasteiger partial charge is 0.383 e. The van der Waals surface area contributed by atoms with Crippen molar-refractivity contribution in [3.8, 4) is 0 Å². The zero-order valence-corrected chi connectivity index (χ0v) is 12.7. The second-order valence-corrected chi connectivity index (χ2v) is 7.27. The average molecular weight is 387 g/mol.